The largest absolute Gasteiger partial charge is 0.494 e. The van der Waals surface area contributed by atoms with Gasteiger partial charge in [-0.25, -0.2) is 4.79 Å². The average molecular weight is 370 g/mol. The van der Waals surface area contributed by atoms with Gasteiger partial charge in [0.1, 0.15) is 5.75 Å². The normalized spacial score (nSPS) is 11.2. The van der Waals surface area contributed by atoms with Crippen LogP contribution in [0.2, 0.25) is 0 Å². The van der Waals surface area contributed by atoms with E-state index in [4.69, 9.17) is 9.47 Å². The summed E-state index contributed by atoms with van der Waals surface area (Å²) in [5.41, 5.74) is 5.20. The summed E-state index contributed by atoms with van der Waals surface area (Å²) in [7, 11) is 0. The number of hydrazine groups is 1. The van der Waals surface area contributed by atoms with Crippen LogP contribution in [-0.2, 0) is 9.53 Å². The first-order chi connectivity index (χ1) is 13.0. The van der Waals surface area contributed by atoms with Crippen molar-refractivity contribution < 1.29 is 23.9 Å². The number of carbonyl (C=O) groups excluding carboxylic acids is 3. The molecule has 2 N–H and O–H groups in total. The molecule has 0 spiro atoms. The predicted octanol–water partition coefficient (Wildman–Crippen LogP) is 2.48. The Morgan fingerprint density at radius 1 is 0.926 bits per heavy atom. The molecular weight excluding hydrogens is 348 g/mol. The van der Waals surface area contributed by atoms with Gasteiger partial charge in [0.25, 0.3) is 11.8 Å². The zero-order valence-electron chi connectivity index (χ0n) is 15.2. The highest BCUT2D eigenvalue weighted by atomic mass is 16.5. The third kappa shape index (κ3) is 6.14. The number of nitrogens with one attached hydrogen (secondary N) is 2. The van der Waals surface area contributed by atoms with Crippen LogP contribution in [0.25, 0.3) is 0 Å². The monoisotopic (exact) mass is 370 g/mol. The summed E-state index contributed by atoms with van der Waals surface area (Å²) in [5, 5.41) is 0. The molecule has 2 aromatic rings. The van der Waals surface area contributed by atoms with Gasteiger partial charge in [0.15, 0.2) is 6.10 Å². The number of esters is 1. The molecule has 0 unspecified atom stereocenters. The Bertz CT molecular complexity index is 775. The fraction of sp³-hybridized carbons (Fsp3) is 0.250. The minimum atomic E-state index is -1.08. The number of carbonyl (C=O) groups is 3. The molecule has 7 nitrogen and oxygen atoms in total. The van der Waals surface area contributed by atoms with E-state index in [0.717, 1.165) is 6.42 Å². The summed E-state index contributed by atoms with van der Waals surface area (Å²) in [5.74, 6) is -1.10. The van der Waals surface area contributed by atoms with Crippen molar-refractivity contribution in [1.29, 1.82) is 0 Å². The maximum Gasteiger partial charge on any atom is 0.338 e. The summed E-state index contributed by atoms with van der Waals surface area (Å²) in [6.07, 6.45) is -0.193. The van der Waals surface area contributed by atoms with Crippen molar-refractivity contribution in [2.75, 3.05) is 6.61 Å². The van der Waals surface area contributed by atoms with Gasteiger partial charge < -0.3 is 9.47 Å². The SMILES string of the molecule is CCCOc1ccc(C(=O)O[C@@H](C)C(=O)NNC(=O)c2ccccc2)cc1. The molecule has 2 rings (SSSR count). The Morgan fingerprint density at radius 2 is 1.59 bits per heavy atom. The van der Waals surface area contributed by atoms with Crippen molar-refractivity contribution in [1.82, 2.24) is 10.9 Å². The minimum Gasteiger partial charge on any atom is -0.494 e. The highest BCUT2D eigenvalue weighted by Gasteiger charge is 2.19. The molecule has 0 aromatic heterocycles. The Hall–Kier alpha value is -3.35. The van der Waals surface area contributed by atoms with E-state index in [9.17, 15) is 14.4 Å². The lowest BCUT2D eigenvalue weighted by atomic mass is 10.2. The van der Waals surface area contributed by atoms with Crippen LogP contribution >= 0.6 is 0 Å². The highest BCUT2D eigenvalue weighted by molar-refractivity contribution is 5.96. The molecule has 0 aliphatic rings. The lowest BCUT2D eigenvalue weighted by molar-refractivity contribution is -0.129. The number of amides is 2. The van der Waals surface area contributed by atoms with Crippen molar-refractivity contribution in [3.8, 4) is 5.75 Å². The maximum atomic E-state index is 12.1. The number of benzene rings is 2. The number of hydrogen-bond donors (Lipinski definition) is 2. The molecule has 142 valence electrons. The van der Waals surface area contributed by atoms with Gasteiger partial charge >= 0.3 is 5.97 Å². The molecule has 2 aromatic carbocycles. The molecule has 0 radical (unpaired) electrons. The lowest BCUT2D eigenvalue weighted by Gasteiger charge is -2.14. The standard InChI is InChI=1S/C20H22N2O5/c1-3-13-26-17-11-9-16(10-12-17)20(25)27-14(2)18(23)21-22-19(24)15-7-5-4-6-8-15/h4-12,14H,3,13H2,1-2H3,(H,21,23)(H,22,24)/t14-/m0/s1. The van der Waals surface area contributed by atoms with Crippen molar-refractivity contribution in [2.45, 2.75) is 26.4 Å². The average Bonchev–Trinajstić information content (AvgIpc) is 2.71. The minimum absolute atomic E-state index is 0.298. The molecule has 27 heavy (non-hydrogen) atoms. The van der Waals surface area contributed by atoms with Gasteiger partial charge in [-0.1, -0.05) is 25.1 Å². The van der Waals surface area contributed by atoms with Crippen molar-refractivity contribution in [2.24, 2.45) is 0 Å². The molecule has 0 saturated heterocycles. The van der Waals surface area contributed by atoms with E-state index in [-0.39, 0.29) is 0 Å². The Kier molecular flexibility index (Phi) is 7.37. The molecule has 2 amide bonds. The van der Waals surface area contributed by atoms with Crippen molar-refractivity contribution in [3.63, 3.8) is 0 Å². The third-order valence-electron chi connectivity index (χ3n) is 3.55. The fourth-order valence-electron chi connectivity index (χ4n) is 2.07. The summed E-state index contributed by atoms with van der Waals surface area (Å²) in [6, 6.07) is 14.9. The zero-order valence-corrected chi connectivity index (χ0v) is 15.2. The van der Waals surface area contributed by atoms with Crippen LogP contribution in [0.3, 0.4) is 0 Å². The molecule has 0 bridgehead atoms. The Labute approximate surface area is 157 Å². The summed E-state index contributed by atoms with van der Waals surface area (Å²) in [4.78, 5) is 36.0. The van der Waals surface area contributed by atoms with Gasteiger partial charge in [-0.15, -0.1) is 0 Å². The first-order valence-corrected chi connectivity index (χ1v) is 8.60. The second kappa shape index (κ2) is 9.96. The molecule has 0 aliphatic heterocycles. The molecule has 0 heterocycles. The second-order valence-electron chi connectivity index (χ2n) is 5.73. The van der Waals surface area contributed by atoms with Gasteiger partial charge in [-0.05, 0) is 49.7 Å². The third-order valence-corrected chi connectivity index (χ3v) is 3.55. The van der Waals surface area contributed by atoms with E-state index >= 15 is 0 Å². The van der Waals surface area contributed by atoms with Crippen LogP contribution in [0.4, 0.5) is 0 Å². The van der Waals surface area contributed by atoms with Gasteiger partial charge in [-0.3, -0.25) is 20.4 Å². The van der Waals surface area contributed by atoms with Gasteiger partial charge in [0.05, 0.1) is 12.2 Å². The first-order valence-electron chi connectivity index (χ1n) is 8.60. The van der Waals surface area contributed by atoms with E-state index in [2.05, 4.69) is 10.9 Å². The van der Waals surface area contributed by atoms with E-state index in [1.54, 1.807) is 54.6 Å². The van der Waals surface area contributed by atoms with Crippen LogP contribution < -0.4 is 15.6 Å². The predicted molar refractivity (Wildman–Crippen MR) is 99.2 cm³/mol. The molecule has 1 atom stereocenters. The molecule has 0 fully saturated rings. The van der Waals surface area contributed by atoms with Crippen LogP contribution in [0.1, 0.15) is 41.0 Å². The van der Waals surface area contributed by atoms with E-state index in [0.29, 0.717) is 23.5 Å². The first kappa shape index (κ1) is 20.0. The van der Waals surface area contributed by atoms with Gasteiger partial charge in [0, 0.05) is 5.56 Å². The highest BCUT2D eigenvalue weighted by Crippen LogP contribution is 2.13. The topological polar surface area (TPSA) is 93.7 Å². The van der Waals surface area contributed by atoms with Crippen LogP contribution in [0, 0.1) is 0 Å². The lowest BCUT2D eigenvalue weighted by Crippen LogP contribution is -2.46. The van der Waals surface area contributed by atoms with Gasteiger partial charge in [0.2, 0.25) is 0 Å². The van der Waals surface area contributed by atoms with Crippen LogP contribution in [0.5, 0.6) is 5.75 Å². The summed E-state index contributed by atoms with van der Waals surface area (Å²) in [6.45, 7) is 4.01. The smallest absolute Gasteiger partial charge is 0.338 e. The summed E-state index contributed by atoms with van der Waals surface area (Å²) >= 11 is 0. The Morgan fingerprint density at radius 3 is 2.22 bits per heavy atom. The molecule has 0 aliphatic carbocycles. The van der Waals surface area contributed by atoms with E-state index in [1.165, 1.54) is 6.92 Å². The van der Waals surface area contributed by atoms with Crippen molar-refractivity contribution in [3.05, 3.63) is 65.7 Å². The zero-order chi connectivity index (χ0) is 19.6. The fourth-order valence-corrected chi connectivity index (χ4v) is 2.07. The number of rotatable bonds is 7. The second-order valence-corrected chi connectivity index (χ2v) is 5.73. The number of ether oxygens (including phenoxy) is 2. The van der Waals surface area contributed by atoms with Gasteiger partial charge in [-0.2, -0.15) is 0 Å². The van der Waals surface area contributed by atoms with Crippen LogP contribution in [0.15, 0.2) is 54.6 Å². The number of hydrogen-bond acceptors (Lipinski definition) is 5. The molecule has 7 heteroatoms. The quantitative estimate of drug-likeness (QED) is 0.577. The van der Waals surface area contributed by atoms with E-state index < -0.39 is 23.9 Å². The molecule has 0 saturated carbocycles. The van der Waals surface area contributed by atoms with Crippen LogP contribution in [-0.4, -0.2) is 30.5 Å². The molecular formula is C20H22N2O5. The Balaban J connectivity index is 1.82. The van der Waals surface area contributed by atoms with E-state index in [1.807, 2.05) is 6.92 Å². The summed E-state index contributed by atoms with van der Waals surface area (Å²) < 4.78 is 10.6. The maximum absolute atomic E-state index is 12.1. The van der Waals surface area contributed by atoms with Crippen molar-refractivity contribution >= 4 is 17.8 Å².